The monoisotopic (exact) mass is 335 g/mol. The number of carbonyl (C=O) groups excluding carboxylic acids is 1. The van der Waals surface area contributed by atoms with E-state index >= 15 is 0 Å². The van der Waals surface area contributed by atoms with Crippen LogP contribution in [0.15, 0.2) is 47.5 Å². The number of amidine groups is 1. The number of benzene rings is 2. The fraction of sp³-hybridized carbons (Fsp3) is 0.300. The summed E-state index contributed by atoms with van der Waals surface area (Å²) in [5.74, 6) is 2.65. The van der Waals surface area contributed by atoms with Gasteiger partial charge in [-0.05, 0) is 36.8 Å². The summed E-state index contributed by atoms with van der Waals surface area (Å²) in [6, 6.07) is 14.1. The zero-order valence-electron chi connectivity index (χ0n) is 14.5. The highest BCUT2D eigenvalue weighted by Gasteiger charge is 2.26. The molecule has 0 radical (unpaired) electrons. The maximum atomic E-state index is 11.6. The van der Waals surface area contributed by atoms with Crippen molar-refractivity contribution in [1.29, 1.82) is 0 Å². The first-order chi connectivity index (χ1) is 12.1. The van der Waals surface area contributed by atoms with Crippen molar-refractivity contribution >= 4 is 17.4 Å². The van der Waals surface area contributed by atoms with Crippen LogP contribution in [0.3, 0.4) is 0 Å². The van der Waals surface area contributed by atoms with Crippen molar-refractivity contribution < 1.29 is 9.53 Å². The summed E-state index contributed by atoms with van der Waals surface area (Å²) < 4.78 is 6.16. The SMILES string of the molecule is CC(=O)N1CCN(C2=Nc3ccc(C)cc3Oc3ccccc32)CC1. The van der Waals surface area contributed by atoms with Crippen LogP contribution < -0.4 is 4.74 Å². The minimum absolute atomic E-state index is 0.131. The molecule has 0 atom stereocenters. The predicted molar refractivity (Wildman–Crippen MR) is 97.7 cm³/mol. The summed E-state index contributed by atoms with van der Waals surface area (Å²) in [6.07, 6.45) is 0. The molecule has 128 valence electrons. The summed E-state index contributed by atoms with van der Waals surface area (Å²) >= 11 is 0. The van der Waals surface area contributed by atoms with Crippen LogP contribution in [0.2, 0.25) is 0 Å². The lowest BCUT2D eigenvalue weighted by Crippen LogP contribution is -2.50. The molecule has 2 aliphatic heterocycles. The third kappa shape index (κ3) is 2.97. The Morgan fingerprint density at radius 3 is 2.56 bits per heavy atom. The number of para-hydroxylation sites is 1. The number of hydrogen-bond donors (Lipinski definition) is 0. The van der Waals surface area contributed by atoms with E-state index in [1.165, 1.54) is 0 Å². The Bertz CT molecular complexity index is 852. The third-order valence-corrected chi connectivity index (χ3v) is 4.71. The molecule has 1 saturated heterocycles. The summed E-state index contributed by atoms with van der Waals surface area (Å²) in [6.45, 7) is 6.66. The number of nitrogens with zero attached hydrogens (tertiary/aromatic N) is 3. The molecule has 1 fully saturated rings. The molecule has 4 rings (SSSR count). The zero-order chi connectivity index (χ0) is 17.4. The first-order valence-electron chi connectivity index (χ1n) is 8.59. The average Bonchev–Trinajstić information content (AvgIpc) is 2.78. The Morgan fingerprint density at radius 2 is 1.80 bits per heavy atom. The number of carbonyl (C=O) groups is 1. The van der Waals surface area contributed by atoms with Crippen LogP contribution in [0.5, 0.6) is 11.5 Å². The first-order valence-corrected chi connectivity index (χ1v) is 8.59. The standard InChI is InChI=1S/C20H21N3O2/c1-14-7-8-17-19(13-14)25-18-6-4-3-5-16(18)20(21-17)23-11-9-22(10-12-23)15(2)24/h3-8,13H,9-12H2,1-2H3. The third-order valence-electron chi connectivity index (χ3n) is 4.71. The number of hydrogen-bond acceptors (Lipinski definition) is 4. The highest BCUT2D eigenvalue weighted by molar-refractivity contribution is 6.03. The van der Waals surface area contributed by atoms with Gasteiger partial charge in [0.1, 0.15) is 17.3 Å². The normalized spacial score (nSPS) is 16.3. The Hall–Kier alpha value is -2.82. The van der Waals surface area contributed by atoms with E-state index in [1.54, 1.807) is 6.92 Å². The largest absolute Gasteiger partial charge is 0.454 e. The molecule has 0 N–H and O–H groups in total. The van der Waals surface area contributed by atoms with E-state index in [9.17, 15) is 4.79 Å². The molecule has 0 unspecified atom stereocenters. The van der Waals surface area contributed by atoms with Gasteiger partial charge in [0.15, 0.2) is 5.75 Å². The molecule has 5 heteroatoms. The lowest BCUT2D eigenvalue weighted by Gasteiger charge is -2.36. The van der Waals surface area contributed by atoms with Gasteiger partial charge in [-0.25, -0.2) is 4.99 Å². The van der Waals surface area contributed by atoms with Crippen molar-refractivity contribution in [2.75, 3.05) is 26.2 Å². The van der Waals surface area contributed by atoms with Crippen LogP contribution in [-0.2, 0) is 4.79 Å². The molecule has 0 spiro atoms. The average molecular weight is 335 g/mol. The fourth-order valence-electron chi connectivity index (χ4n) is 3.30. The molecule has 0 aliphatic carbocycles. The smallest absolute Gasteiger partial charge is 0.219 e. The Labute approximate surface area is 147 Å². The molecule has 1 amide bonds. The Kier molecular flexibility index (Phi) is 3.92. The van der Waals surface area contributed by atoms with Crippen molar-refractivity contribution in [2.45, 2.75) is 13.8 Å². The molecule has 2 aliphatic rings. The van der Waals surface area contributed by atoms with Gasteiger partial charge < -0.3 is 14.5 Å². The van der Waals surface area contributed by atoms with E-state index in [0.29, 0.717) is 0 Å². The maximum absolute atomic E-state index is 11.6. The molecule has 2 aromatic carbocycles. The van der Waals surface area contributed by atoms with E-state index in [0.717, 1.165) is 60.3 Å². The van der Waals surface area contributed by atoms with Crippen LogP contribution in [0.25, 0.3) is 0 Å². The summed E-state index contributed by atoms with van der Waals surface area (Å²) in [4.78, 5) is 20.6. The summed E-state index contributed by atoms with van der Waals surface area (Å²) in [5.41, 5.74) is 2.98. The minimum atomic E-state index is 0.131. The molecule has 0 saturated carbocycles. The van der Waals surface area contributed by atoms with Gasteiger partial charge in [0.2, 0.25) is 5.91 Å². The van der Waals surface area contributed by atoms with Gasteiger partial charge >= 0.3 is 0 Å². The predicted octanol–water partition coefficient (Wildman–Crippen LogP) is 3.34. The molecular weight excluding hydrogens is 314 g/mol. The van der Waals surface area contributed by atoms with Crippen LogP contribution in [-0.4, -0.2) is 47.7 Å². The van der Waals surface area contributed by atoms with Gasteiger partial charge in [-0.2, -0.15) is 0 Å². The van der Waals surface area contributed by atoms with Gasteiger partial charge in [-0.1, -0.05) is 18.2 Å². The Morgan fingerprint density at radius 1 is 1.04 bits per heavy atom. The number of amides is 1. The molecule has 2 heterocycles. The quantitative estimate of drug-likeness (QED) is 0.742. The molecule has 5 nitrogen and oxygen atoms in total. The van der Waals surface area contributed by atoms with Crippen molar-refractivity contribution in [3.63, 3.8) is 0 Å². The molecule has 0 bridgehead atoms. The van der Waals surface area contributed by atoms with Crippen molar-refractivity contribution in [3.05, 3.63) is 53.6 Å². The minimum Gasteiger partial charge on any atom is -0.454 e. The lowest BCUT2D eigenvalue weighted by atomic mass is 10.1. The van der Waals surface area contributed by atoms with E-state index in [4.69, 9.17) is 9.73 Å². The number of aryl methyl sites for hydroxylation is 1. The highest BCUT2D eigenvalue weighted by Crippen LogP contribution is 2.38. The van der Waals surface area contributed by atoms with Crippen molar-refractivity contribution in [2.24, 2.45) is 4.99 Å². The number of fused-ring (bicyclic) bond motifs is 2. The van der Waals surface area contributed by atoms with E-state index in [1.807, 2.05) is 54.3 Å². The van der Waals surface area contributed by atoms with Gasteiger partial charge in [-0.15, -0.1) is 0 Å². The second-order valence-electron chi connectivity index (χ2n) is 6.50. The number of rotatable bonds is 0. The maximum Gasteiger partial charge on any atom is 0.219 e. The molecular formula is C20H21N3O2. The second kappa shape index (κ2) is 6.24. The molecule has 25 heavy (non-hydrogen) atoms. The number of piperazine rings is 1. The van der Waals surface area contributed by atoms with Crippen LogP contribution >= 0.6 is 0 Å². The summed E-state index contributed by atoms with van der Waals surface area (Å²) in [7, 11) is 0. The van der Waals surface area contributed by atoms with Gasteiger partial charge in [0, 0.05) is 33.1 Å². The van der Waals surface area contributed by atoms with Crippen LogP contribution in [0.4, 0.5) is 5.69 Å². The Balaban J connectivity index is 1.74. The highest BCUT2D eigenvalue weighted by atomic mass is 16.5. The van der Waals surface area contributed by atoms with Crippen molar-refractivity contribution in [3.8, 4) is 11.5 Å². The second-order valence-corrected chi connectivity index (χ2v) is 6.50. The van der Waals surface area contributed by atoms with Gasteiger partial charge in [0.05, 0.1) is 5.56 Å². The van der Waals surface area contributed by atoms with Crippen LogP contribution in [0, 0.1) is 6.92 Å². The van der Waals surface area contributed by atoms with Crippen LogP contribution in [0.1, 0.15) is 18.1 Å². The topological polar surface area (TPSA) is 45.1 Å². The van der Waals surface area contributed by atoms with Crippen molar-refractivity contribution in [1.82, 2.24) is 9.80 Å². The number of aliphatic imine (C=N–C) groups is 1. The summed E-state index contributed by atoms with van der Waals surface area (Å²) in [5, 5.41) is 0. The van der Waals surface area contributed by atoms with E-state index in [-0.39, 0.29) is 5.91 Å². The number of ether oxygens (including phenoxy) is 1. The first kappa shape index (κ1) is 15.7. The zero-order valence-corrected chi connectivity index (χ0v) is 14.5. The van der Waals surface area contributed by atoms with E-state index in [2.05, 4.69) is 4.90 Å². The fourth-order valence-corrected chi connectivity index (χ4v) is 3.30. The molecule has 0 aromatic heterocycles. The van der Waals surface area contributed by atoms with E-state index < -0.39 is 0 Å². The molecule has 2 aromatic rings. The van der Waals surface area contributed by atoms with Gasteiger partial charge in [0.25, 0.3) is 0 Å². The van der Waals surface area contributed by atoms with Gasteiger partial charge in [-0.3, -0.25) is 4.79 Å². The lowest BCUT2D eigenvalue weighted by molar-refractivity contribution is -0.130.